The fourth-order valence-electron chi connectivity index (χ4n) is 1.38. The Morgan fingerprint density at radius 3 is 2.38 bits per heavy atom. The molecule has 0 fully saturated rings. The van der Waals surface area contributed by atoms with Gasteiger partial charge in [-0.2, -0.15) is 0 Å². The van der Waals surface area contributed by atoms with Crippen molar-refractivity contribution in [1.82, 2.24) is 0 Å². The lowest BCUT2D eigenvalue weighted by Crippen LogP contribution is -2.22. The maximum Gasteiger partial charge on any atom is 0.157 e. The Kier molecular flexibility index (Phi) is 4.32. The second-order valence-electron chi connectivity index (χ2n) is 3.86. The van der Waals surface area contributed by atoms with Crippen LogP contribution in [-0.2, 0) is 15.6 Å². The van der Waals surface area contributed by atoms with Crippen LogP contribution in [0.5, 0.6) is 5.75 Å². The molecule has 3 N–H and O–H groups in total. The summed E-state index contributed by atoms with van der Waals surface area (Å²) in [5.41, 5.74) is 6.02. The fraction of sp³-hybridized carbons (Fsp3) is 0.455. The van der Waals surface area contributed by atoms with Crippen LogP contribution in [0.15, 0.2) is 24.3 Å². The predicted molar refractivity (Wildman–Crippen MR) is 63.9 cm³/mol. The number of phenols is 1. The van der Waals surface area contributed by atoms with Crippen molar-refractivity contribution in [2.45, 2.75) is 24.3 Å². The van der Waals surface area contributed by atoms with Crippen molar-refractivity contribution < 1.29 is 13.5 Å². The first-order valence-corrected chi connectivity index (χ1v) is 6.87. The van der Waals surface area contributed by atoms with E-state index in [1.807, 2.05) is 0 Å². The monoisotopic (exact) mass is 243 g/mol. The zero-order valence-electron chi connectivity index (χ0n) is 9.26. The van der Waals surface area contributed by atoms with Gasteiger partial charge in [-0.25, -0.2) is 8.42 Å². The minimum atomic E-state index is -3.15. The molecule has 0 saturated heterocycles. The van der Waals surface area contributed by atoms with E-state index in [9.17, 15) is 8.42 Å². The lowest BCUT2D eigenvalue weighted by Gasteiger charge is -2.11. The highest BCUT2D eigenvalue weighted by atomic mass is 32.2. The van der Waals surface area contributed by atoms with E-state index in [4.69, 9.17) is 10.8 Å². The zero-order chi connectivity index (χ0) is 12.2. The molecule has 90 valence electrons. The molecule has 1 atom stereocenters. The molecule has 4 nitrogen and oxygen atoms in total. The van der Waals surface area contributed by atoms with Crippen molar-refractivity contribution in [3.63, 3.8) is 0 Å². The summed E-state index contributed by atoms with van der Waals surface area (Å²) in [5.74, 6) is 0.130. The lowest BCUT2D eigenvalue weighted by molar-refractivity contribution is 0.475. The first-order chi connectivity index (χ1) is 7.45. The summed E-state index contributed by atoms with van der Waals surface area (Å²) in [6, 6.07) is 6.20. The Labute approximate surface area is 96.0 Å². The molecule has 16 heavy (non-hydrogen) atoms. The van der Waals surface area contributed by atoms with E-state index in [1.165, 1.54) is 12.1 Å². The summed E-state index contributed by atoms with van der Waals surface area (Å²) in [6.07, 6.45) is 0.473. The first kappa shape index (κ1) is 13.0. The summed E-state index contributed by atoms with van der Waals surface area (Å²) in [4.78, 5) is 0. The Bertz CT molecular complexity index is 425. The van der Waals surface area contributed by atoms with E-state index in [-0.39, 0.29) is 11.5 Å². The molecule has 1 aromatic carbocycles. The largest absolute Gasteiger partial charge is 0.508 e. The summed E-state index contributed by atoms with van der Waals surface area (Å²) < 4.78 is 23.7. The third-order valence-corrected chi connectivity index (χ3v) is 4.69. The van der Waals surface area contributed by atoms with Gasteiger partial charge in [0.15, 0.2) is 9.84 Å². The maximum atomic E-state index is 11.9. The van der Waals surface area contributed by atoms with Crippen molar-refractivity contribution in [1.29, 1.82) is 0 Å². The van der Waals surface area contributed by atoms with Gasteiger partial charge in [-0.3, -0.25) is 0 Å². The Hall–Kier alpha value is -1.07. The number of rotatable bonds is 5. The molecule has 0 bridgehead atoms. The molecular formula is C11H17NO3S. The molecule has 0 radical (unpaired) electrons. The van der Waals surface area contributed by atoms with Crippen LogP contribution in [0.4, 0.5) is 0 Å². The average molecular weight is 243 g/mol. The highest BCUT2D eigenvalue weighted by molar-refractivity contribution is 7.91. The molecule has 0 saturated carbocycles. The first-order valence-electron chi connectivity index (χ1n) is 5.15. The second kappa shape index (κ2) is 5.32. The Morgan fingerprint density at radius 1 is 1.31 bits per heavy atom. The molecule has 1 aromatic rings. The number of aromatic hydroxyl groups is 1. The molecule has 0 aromatic heterocycles. The Morgan fingerprint density at radius 2 is 1.88 bits per heavy atom. The molecule has 0 aliphatic rings. The molecule has 0 amide bonds. The van der Waals surface area contributed by atoms with Crippen LogP contribution < -0.4 is 5.73 Å². The van der Waals surface area contributed by atoms with Crippen LogP contribution in [0.25, 0.3) is 0 Å². The zero-order valence-corrected chi connectivity index (χ0v) is 10.1. The van der Waals surface area contributed by atoms with Crippen molar-refractivity contribution in [3.05, 3.63) is 29.8 Å². The van der Waals surface area contributed by atoms with Gasteiger partial charge >= 0.3 is 0 Å². The van der Waals surface area contributed by atoms with Gasteiger partial charge < -0.3 is 10.8 Å². The summed E-state index contributed by atoms with van der Waals surface area (Å²) >= 11 is 0. The highest BCUT2D eigenvalue weighted by Crippen LogP contribution is 2.16. The minimum Gasteiger partial charge on any atom is -0.508 e. The van der Waals surface area contributed by atoms with Crippen molar-refractivity contribution in [2.24, 2.45) is 5.73 Å². The van der Waals surface area contributed by atoms with E-state index in [0.29, 0.717) is 18.5 Å². The third-order valence-electron chi connectivity index (χ3n) is 2.49. The smallest absolute Gasteiger partial charge is 0.157 e. The van der Waals surface area contributed by atoms with Crippen LogP contribution in [0.1, 0.15) is 18.9 Å². The fourth-order valence-corrected chi connectivity index (χ4v) is 2.82. The van der Waals surface area contributed by atoms with Crippen LogP contribution in [0.2, 0.25) is 0 Å². The Balaban J connectivity index is 2.76. The van der Waals surface area contributed by atoms with Crippen molar-refractivity contribution >= 4 is 9.84 Å². The van der Waals surface area contributed by atoms with Gasteiger partial charge in [-0.05, 0) is 37.6 Å². The summed E-state index contributed by atoms with van der Waals surface area (Å²) in [6.45, 7) is 2.04. The maximum absolute atomic E-state index is 11.9. The quantitative estimate of drug-likeness (QED) is 0.810. The SMILES string of the molecule is CC(CCN)S(=O)(=O)Cc1ccc(O)cc1. The van der Waals surface area contributed by atoms with E-state index in [1.54, 1.807) is 19.1 Å². The van der Waals surface area contributed by atoms with E-state index >= 15 is 0 Å². The van der Waals surface area contributed by atoms with Gasteiger partial charge in [-0.1, -0.05) is 12.1 Å². The van der Waals surface area contributed by atoms with Gasteiger partial charge in [0, 0.05) is 0 Å². The molecule has 0 spiro atoms. The van der Waals surface area contributed by atoms with Crippen molar-refractivity contribution in [2.75, 3.05) is 6.54 Å². The lowest BCUT2D eigenvalue weighted by atomic mass is 10.2. The van der Waals surface area contributed by atoms with Gasteiger partial charge in [0.25, 0.3) is 0 Å². The number of hydrogen-bond donors (Lipinski definition) is 2. The van der Waals surface area contributed by atoms with E-state index in [2.05, 4.69) is 0 Å². The predicted octanol–water partition coefficient (Wildman–Crippen LogP) is 1.04. The number of hydrogen-bond acceptors (Lipinski definition) is 4. The third kappa shape index (κ3) is 3.50. The van der Waals surface area contributed by atoms with Crippen molar-refractivity contribution in [3.8, 4) is 5.75 Å². The number of nitrogens with two attached hydrogens (primary N) is 1. The average Bonchev–Trinajstić information content (AvgIpc) is 2.21. The van der Waals surface area contributed by atoms with E-state index in [0.717, 1.165) is 0 Å². The van der Waals surface area contributed by atoms with Gasteiger partial charge in [0.1, 0.15) is 5.75 Å². The highest BCUT2D eigenvalue weighted by Gasteiger charge is 2.20. The standard InChI is InChI=1S/C11H17NO3S/c1-9(6-7-12)16(14,15)8-10-2-4-11(13)5-3-10/h2-5,9,13H,6-8,12H2,1H3. The molecule has 5 heteroatoms. The van der Waals surface area contributed by atoms with Crippen LogP contribution >= 0.6 is 0 Å². The summed E-state index contributed by atoms with van der Waals surface area (Å²) in [5, 5.41) is 8.66. The van der Waals surface area contributed by atoms with E-state index < -0.39 is 15.1 Å². The number of benzene rings is 1. The van der Waals surface area contributed by atoms with Crippen LogP contribution in [-0.4, -0.2) is 25.3 Å². The van der Waals surface area contributed by atoms with Gasteiger partial charge in [0.05, 0.1) is 11.0 Å². The number of phenolic OH excluding ortho intramolecular Hbond substituents is 1. The normalized spacial score (nSPS) is 13.6. The topological polar surface area (TPSA) is 80.4 Å². The molecule has 0 aliphatic heterocycles. The molecule has 1 rings (SSSR count). The van der Waals surface area contributed by atoms with Crippen LogP contribution in [0.3, 0.4) is 0 Å². The molecule has 1 unspecified atom stereocenters. The molecule has 0 aliphatic carbocycles. The van der Waals surface area contributed by atoms with Crippen LogP contribution in [0, 0.1) is 0 Å². The molecular weight excluding hydrogens is 226 g/mol. The second-order valence-corrected chi connectivity index (χ2v) is 6.28. The van der Waals surface area contributed by atoms with Gasteiger partial charge in [0.2, 0.25) is 0 Å². The summed E-state index contributed by atoms with van der Waals surface area (Å²) in [7, 11) is -3.15. The van der Waals surface area contributed by atoms with Gasteiger partial charge in [-0.15, -0.1) is 0 Å². The minimum absolute atomic E-state index is 0.00551. The molecule has 0 heterocycles. The number of sulfone groups is 1.